The van der Waals surface area contributed by atoms with Gasteiger partial charge in [-0.3, -0.25) is 9.59 Å². The standard InChI is InChI=1S/C22H26ClN3O6/c1-6-31-14-8-9-16(32-7-2)15(12-14)25-26-20(13(3)27)22(28)24-21-18(30-5)11-10-17(29-4)19(21)23/h8-12,20H,6-7H2,1-5H3,(H,24,28). The van der Waals surface area contributed by atoms with Crippen LogP contribution in [0.1, 0.15) is 20.8 Å². The fourth-order valence-corrected chi connectivity index (χ4v) is 3.00. The van der Waals surface area contributed by atoms with Crippen molar-refractivity contribution in [1.82, 2.24) is 0 Å². The number of azo groups is 1. The molecule has 1 atom stereocenters. The van der Waals surface area contributed by atoms with E-state index in [9.17, 15) is 9.59 Å². The van der Waals surface area contributed by atoms with Crippen molar-refractivity contribution in [2.75, 3.05) is 32.8 Å². The number of carbonyl (C=O) groups excluding carboxylic acids is 2. The summed E-state index contributed by atoms with van der Waals surface area (Å²) in [5.41, 5.74) is 0.488. The maximum Gasteiger partial charge on any atom is 0.258 e. The number of Topliss-reactive ketones (excluding diaryl/α,β-unsaturated/α-hetero) is 1. The molecule has 0 saturated heterocycles. The molecule has 9 nitrogen and oxygen atoms in total. The van der Waals surface area contributed by atoms with Crippen molar-refractivity contribution in [3.63, 3.8) is 0 Å². The highest BCUT2D eigenvalue weighted by atomic mass is 35.5. The number of nitrogens with one attached hydrogen (secondary N) is 1. The molecule has 2 aromatic rings. The minimum absolute atomic E-state index is 0.127. The second kappa shape index (κ2) is 11.9. The highest BCUT2D eigenvalue weighted by Crippen LogP contribution is 2.39. The summed E-state index contributed by atoms with van der Waals surface area (Å²) in [5, 5.41) is 10.8. The molecular weight excluding hydrogens is 438 g/mol. The number of ether oxygens (including phenoxy) is 4. The van der Waals surface area contributed by atoms with E-state index in [1.165, 1.54) is 21.1 Å². The van der Waals surface area contributed by atoms with Crippen LogP contribution in [0.15, 0.2) is 40.6 Å². The Morgan fingerprint density at radius 2 is 1.62 bits per heavy atom. The summed E-state index contributed by atoms with van der Waals surface area (Å²) in [6.07, 6.45) is 0. The number of benzene rings is 2. The third kappa shape index (κ3) is 6.10. The zero-order chi connectivity index (χ0) is 23.7. The molecule has 0 heterocycles. The van der Waals surface area contributed by atoms with Crippen LogP contribution < -0.4 is 24.3 Å². The largest absolute Gasteiger partial charge is 0.495 e. The number of ketones is 1. The number of halogens is 1. The van der Waals surface area contributed by atoms with Gasteiger partial charge in [0.2, 0.25) is 6.04 Å². The fraction of sp³-hybridized carbons (Fsp3) is 0.364. The van der Waals surface area contributed by atoms with Gasteiger partial charge in [0.1, 0.15) is 39.4 Å². The van der Waals surface area contributed by atoms with Crippen LogP contribution in [-0.4, -0.2) is 45.2 Å². The average Bonchev–Trinajstić information content (AvgIpc) is 2.77. The Hall–Kier alpha value is -3.33. The van der Waals surface area contributed by atoms with Crippen LogP contribution in [0.5, 0.6) is 23.0 Å². The lowest BCUT2D eigenvalue weighted by atomic mass is 10.2. The molecule has 0 bridgehead atoms. The van der Waals surface area contributed by atoms with Crippen molar-refractivity contribution < 1.29 is 28.5 Å². The van der Waals surface area contributed by atoms with Gasteiger partial charge in [0.25, 0.3) is 5.91 Å². The third-order valence-corrected chi connectivity index (χ3v) is 4.59. The van der Waals surface area contributed by atoms with Gasteiger partial charge in [-0.1, -0.05) is 11.6 Å². The van der Waals surface area contributed by atoms with Crippen LogP contribution in [0.4, 0.5) is 11.4 Å². The van der Waals surface area contributed by atoms with Gasteiger partial charge in [-0.2, -0.15) is 10.2 Å². The lowest BCUT2D eigenvalue weighted by molar-refractivity contribution is -0.126. The number of hydrogen-bond donors (Lipinski definition) is 1. The monoisotopic (exact) mass is 463 g/mol. The number of methoxy groups -OCH3 is 2. The Balaban J connectivity index is 2.36. The molecule has 0 radical (unpaired) electrons. The summed E-state index contributed by atoms with van der Waals surface area (Å²) < 4.78 is 21.4. The first-order valence-corrected chi connectivity index (χ1v) is 10.3. The molecule has 0 aromatic heterocycles. The molecule has 32 heavy (non-hydrogen) atoms. The van der Waals surface area contributed by atoms with Crippen LogP contribution in [0.3, 0.4) is 0 Å². The van der Waals surface area contributed by atoms with Gasteiger partial charge in [-0.15, -0.1) is 0 Å². The van der Waals surface area contributed by atoms with Crippen molar-refractivity contribution in [2.24, 2.45) is 10.2 Å². The summed E-state index contributed by atoms with van der Waals surface area (Å²) in [7, 11) is 2.87. The van der Waals surface area contributed by atoms with E-state index in [-0.39, 0.29) is 10.7 Å². The van der Waals surface area contributed by atoms with Crippen LogP contribution in [0, 0.1) is 0 Å². The molecular formula is C22H26ClN3O6. The van der Waals surface area contributed by atoms with E-state index in [2.05, 4.69) is 15.5 Å². The smallest absolute Gasteiger partial charge is 0.258 e. The molecule has 172 valence electrons. The van der Waals surface area contributed by atoms with E-state index in [1.54, 1.807) is 30.3 Å². The second-order valence-corrected chi connectivity index (χ2v) is 6.75. The maximum absolute atomic E-state index is 12.9. The number of nitrogens with zero attached hydrogens (tertiary/aromatic N) is 2. The van der Waals surface area contributed by atoms with E-state index < -0.39 is 17.7 Å². The van der Waals surface area contributed by atoms with Gasteiger partial charge in [0.05, 0.1) is 27.4 Å². The van der Waals surface area contributed by atoms with Crippen LogP contribution >= 0.6 is 11.6 Å². The number of rotatable bonds is 11. The van der Waals surface area contributed by atoms with E-state index in [1.807, 2.05) is 13.8 Å². The number of amides is 1. The average molecular weight is 464 g/mol. The lowest BCUT2D eigenvalue weighted by Crippen LogP contribution is -2.32. The summed E-state index contributed by atoms with van der Waals surface area (Å²) in [6.45, 7) is 5.79. The fourth-order valence-electron chi connectivity index (χ4n) is 2.72. The molecule has 1 amide bonds. The summed E-state index contributed by atoms with van der Waals surface area (Å²) in [4.78, 5) is 25.1. The molecule has 0 aliphatic carbocycles. The Morgan fingerprint density at radius 1 is 1.00 bits per heavy atom. The Labute approximate surface area is 191 Å². The van der Waals surface area contributed by atoms with Crippen molar-refractivity contribution in [2.45, 2.75) is 26.8 Å². The summed E-state index contributed by atoms with van der Waals surface area (Å²) in [5.74, 6) is 0.391. The summed E-state index contributed by atoms with van der Waals surface area (Å²) in [6, 6.07) is 6.80. The van der Waals surface area contributed by atoms with E-state index >= 15 is 0 Å². The van der Waals surface area contributed by atoms with Crippen LogP contribution in [0.2, 0.25) is 5.02 Å². The zero-order valence-electron chi connectivity index (χ0n) is 18.6. The normalized spacial score (nSPS) is 11.7. The van der Waals surface area contributed by atoms with Crippen molar-refractivity contribution in [3.8, 4) is 23.0 Å². The van der Waals surface area contributed by atoms with E-state index in [4.69, 9.17) is 30.5 Å². The lowest BCUT2D eigenvalue weighted by Gasteiger charge is -2.16. The number of anilines is 1. The predicted molar refractivity (Wildman–Crippen MR) is 121 cm³/mol. The maximum atomic E-state index is 12.9. The molecule has 2 aromatic carbocycles. The minimum Gasteiger partial charge on any atom is -0.495 e. The highest BCUT2D eigenvalue weighted by Gasteiger charge is 2.26. The summed E-state index contributed by atoms with van der Waals surface area (Å²) >= 11 is 6.31. The second-order valence-electron chi connectivity index (χ2n) is 6.37. The van der Waals surface area contributed by atoms with Crippen molar-refractivity contribution in [3.05, 3.63) is 35.4 Å². The molecule has 1 N–H and O–H groups in total. The quantitative estimate of drug-likeness (QED) is 0.377. The number of carbonyl (C=O) groups is 2. The molecule has 0 spiro atoms. The Kier molecular flexibility index (Phi) is 9.27. The first kappa shape index (κ1) is 24.9. The molecule has 2 rings (SSSR count). The predicted octanol–water partition coefficient (Wildman–Crippen LogP) is 4.83. The van der Waals surface area contributed by atoms with Gasteiger partial charge >= 0.3 is 0 Å². The van der Waals surface area contributed by atoms with E-state index in [0.717, 1.165) is 0 Å². The van der Waals surface area contributed by atoms with Gasteiger partial charge in [0, 0.05) is 6.07 Å². The van der Waals surface area contributed by atoms with Crippen LogP contribution in [-0.2, 0) is 9.59 Å². The van der Waals surface area contributed by atoms with Crippen LogP contribution in [0.25, 0.3) is 0 Å². The SMILES string of the molecule is CCOc1ccc(OCC)c(N=NC(C(C)=O)C(=O)Nc2c(OC)ccc(OC)c2Cl)c1. The molecule has 0 saturated carbocycles. The first-order chi connectivity index (χ1) is 15.4. The molecule has 10 heteroatoms. The van der Waals surface area contributed by atoms with Crippen molar-refractivity contribution in [1.29, 1.82) is 0 Å². The molecule has 0 aliphatic heterocycles. The van der Waals surface area contributed by atoms with Gasteiger partial charge in [-0.25, -0.2) is 0 Å². The molecule has 1 unspecified atom stereocenters. The Bertz CT molecular complexity index is 996. The topological polar surface area (TPSA) is 108 Å². The highest BCUT2D eigenvalue weighted by molar-refractivity contribution is 6.35. The zero-order valence-corrected chi connectivity index (χ0v) is 19.4. The Morgan fingerprint density at radius 3 is 2.22 bits per heavy atom. The van der Waals surface area contributed by atoms with Crippen molar-refractivity contribution >= 4 is 34.7 Å². The van der Waals surface area contributed by atoms with Gasteiger partial charge in [0.15, 0.2) is 5.78 Å². The minimum atomic E-state index is -1.42. The van der Waals surface area contributed by atoms with Gasteiger partial charge < -0.3 is 24.3 Å². The van der Waals surface area contributed by atoms with Gasteiger partial charge in [-0.05, 0) is 45.0 Å². The van der Waals surface area contributed by atoms with E-state index in [0.29, 0.717) is 41.9 Å². The number of hydrogen-bond acceptors (Lipinski definition) is 8. The first-order valence-electron chi connectivity index (χ1n) is 9.88. The molecule has 0 fully saturated rings. The molecule has 0 aliphatic rings. The third-order valence-electron chi connectivity index (χ3n) is 4.21.